The van der Waals surface area contributed by atoms with Crippen molar-refractivity contribution >= 4 is 17.8 Å². The standard InChI is InChI=1S/C20H37N3O4/c1-9-20(10-2,22-14(5)6)19(27)21-16(13(3)4)17(24)23(8)12-11-15(7)18(25)26/h11,13-14,16,22H,9-10,12H2,1-8H3,(H,21,27)(H,25,26)/b15-11+. The predicted molar refractivity (Wildman–Crippen MR) is 107 cm³/mol. The lowest BCUT2D eigenvalue weighted by Gasteiger charge is -2.36. The quantitative estimate of drug-likeness (QED) is 0.475. The third-order valence-corrected chi connectivity index (χ3v) is 4.81. The Morgan fingerprint density at radius 2 is 1.63 bits per heavy atom. The fourth-order valence-corrected chi connectivity index (χ4v) is 2.87. The smallest absolute Gasteiger partial charge is 0.331 e. The van der Waals surface area contributed by atoms with Crippen molar-refractivity contribution in [1.82, 2.24) is 15.5 Å². The van der Waals surface area contributed by atoms with Crippen molar-refractivity contribution < 1.29 is 19.5 Å². The molecule has 3 N–H and O–H groups in total. The van der Waals surface area contributed by atoms with Gasteiger partial charge in [0.25, 0.3) is 0 Å². The molecule has 2 amide bonds. The number of likely N-dealkylation sites (N-methyl/N-ethyl adjacent to an activating group) is 1. The van der Waals surface area contributed by atoms with Gasteiger partial charge in [-0.2, -0.15) is 0 Å². The van der Waals surface area contributed by atoms with Crippen molar-refractivity contribution in [1.29, 1.82) is 0 Å². The Morgan fingerprint density at radius 1 is 1.11 bits per heavy atom. The van der Waals surface area contributed by atoms with Crippen LogP contribution in [0, 0.1) is 5.92 Å². The molecule has 0 saturated heterocycles. The van der Waals surface area contributed by atoms with E-state index in [2.05, 4.69) is 10.6 Å². The Morgan fingerprint density at radius 3 is 2.00 bits per heavy atom. The number of carboxylic acid groups (broad SMARTS) is 1. The maximum atomic E-state index is 13.0. The van der Waals surface area contributed by atoms with E-state index in [-0.39, 0.29) is 35.9 Å². The number of rotatable bonds is 11. The predicted octanol–water partition coefficient (Wildman–Crippen LogP) is 2.17. The molecule has 27 heavy (non-hydrogen) atoms. The molecule has 0 aromatic rings. The number of nitrogens with one attached hydrogen (secondary N) is 2. The Balaban J connectivity index is 5.37. The second-order valence-electron chi connectivity index (χ2n) is 7.69. The van der Waals surface area contributed by atoms with Crippen LogP contribution in [0.1, 0.15) is 61.3 Å². The molecule has 7 heteroatoms. The second-order valence-corrected chi connectivity index (χ2v) is 7.69. The maximum absolute atomic E-state index is 13.0. The van der Waals surface area contributed by atoms with Crippen LogP contribution in [-0.4, -0.2) is 59.0 Å². The van der Waals surface area contributed by atoms with E-state index < -0.39 is 17.6 Å². The summed E-state index contributed by atoms with van der Waals surface area (Å²) in [5.74, 6) is -1.53. The molecule has 0 bridgehead atoms. The molecule has 0 heterocycles. The van der Waals surface area contributed by atoms with E-state index in [1.807, 2.05) is 41.5 Å². The van der Waals surface area contributed by atoms with Crippen LogP contribution in [0.2, 0.25) is 0 Å². The molecule has 0 spiro atoms. The first-order valence-electron chi connectivity index (χ1n) is 9.65. The molecule has 0 aromatic heterocycles. The van der Waals surface area contributed by atoms with Crippen LogP contribution in [0.5, 0.6) is 0 Å². The van der Waals surface area contributed by atoms with Crippen LogP contribution in [-0.2, 0) is 14.4 Å². The Labute approximate surface area is 163 Å². The molecule has 1 atom stereocenters. The van der Waals surface area contributed by atoms with Gasteiger partial charge in [-0.15, -0.1) is 0 Å². The van der Waals surface area contributed by atoms with Crippen LogP contribution < -0.4 is 10.6 Å². The Bertz CT molecular complexity index is 551. The van der Waals surface area contributed by atoms with Gasteiger partial charge < -0.3 is 20.6 Å². The van der Waals surface area contributed by atoms with Gasteiger partial charge in [-0.1, -0.05) is 33.8 Å². The van der Waals surface area contributed by atoms with Crippen molar-refractivity contribution in [2.75, 3.05) is 13.6 Å². The van der Waals surface area contributed by atoms with Gasteiger partial charge in [0.1, 0.15) is 6.04 Å². The zero-order valence-electron chi connectivity index (χ0n) is 18.0. The summed E-state index contributed by atoms with van der Waals surface area (Å²) < 4.78 is 0. The average molecular weight is 384 g/mol. The molecule has 1 unspecified atom stereocenters. The summed E-state index contributed by atoms with van der Waals surface area (Å²) in [4.78, 5) is 38.2. The molecule has 0 aliphatic carbocycles. The first kappa shape index (κ1) is 25.1. The van der Waals surface area contributed by atoms with Crippen LogP contribution in [0.3, 0.4) is 0 Å². The number of aliphatic carboxylic acids is 1. The van der Waals surface area contributed by atoms with Crippen LogP contribution >= 0.6 is 0 Å². The lowest BCUT2D eigenvalue weighted by atomic mass is 9.89. The fourth-order valence-electron chi connectivity index (χ4n) is 2.87. The molecular weight excluding hydrogens is 346 g/mol. The molecule has 0 aliphatic heterocycles. The van der Waals surface area contributed by atoms with E-state index in [0.29, 0.717) is 12.8 Å². The molecule has 0 radical (unpaired) electrons. The zero-order valence-corrected chi connectivity index (χ0v) is 18.0. The Hall–Kier alpha value is -1.89. The van der Waals surface area contributed by atoms with Gasteiger partial charge in [0.05, 0.1) is 5.54 Å². The molecule has 0 aromatic carbocycles. The normalized spacial score (nSPS) is 13.6. The highest BCUT2D eigenvalue weighted by Crippen LogP contribution is 2.18. The van der Waals surface area contributed by atoms with Crippen LogP contribution in [0.15, 0.2) is 11.6 Å². The molecule has 7 nitrogen and oxygen atoms in total. The minimum absolute atomic E-state index is 0.0982. The van der Waals surface area contributed by atoms with Crippen LogP contribution in [0.4, 0.5) is 0 Å². The third-order valence-electron chi connectivity index (χ3n) is 4.81. The number of amides is 2. The largest absolute Gasteiger partial charge is 0.478 e. The first-order valence-corrected chi connectivity index (χ1v) is 9.65. The summed E-state index contributed by atoms with van der Waals surface area (Å²) in [5.41, 5.74) is -0.545. The summed E-state index contributed by atoms with van der Waals surface area (Å²) >= 11 is 0. The average Bonchev–Trinajstić information content (AvgIpc) is 2.60. The van der Waals surface area contributed by atoms with Crippen molar-refractivity contribution in [3.05, 3.63) is 11.6 Å². The molecule has 156 valence electrons. The van der Waals surface area contributed by atoms with E-state index in [1.165, 1.54) is 17.9 Å². The Kier molecular flexibility index (Phi) is 10.3. The lowest BCUT2D eigenvalue weighted by Crippen LogP contribution is -2.62. The van der Waals surface area contributed by atoms with E-state index in [1.54, 1.807) is 7.05 Å². The molecule has 0 aliphatic rings. The van der Waals surface area contributed by atoms with Gasteiger partial charge in [-0.3, -0.25) is 9.59 Å². The van der Waals surface area contributed by atoms with Crippen molar-refractivity contribution in [2.24, 2.45) is 5.92 Å². The highest BCUT2D eigenvalue weighted by molar-refractivity contribution is 5.92. The van der Waals surface area contributed by atoms with Crippen molar-refractivity contribution in [2.45, 2.75) is 78.9 Å². The SMILES string of the molecule is CCC(CC)(NC(C)C)C(=O)NC(C(=O)N(C)C/C=C(\C)C(=O)O)C(C)C. The van der Waals surface area contributed by atoms with Gasteiger partial charge in [-0.05, 0) is 39.5 Å². The summed E-state index contributed by atoms with van der Waals surface area (Å²) in [7, 11) is 1.61. The summed E-state index contributed by atoms with van der Waals surface area (Å²) in [5, 5.41) is 15.2. The molecular formula is C20H37N3O4. The van der Waals surface area contributed by atoms with E-state index in [4.69, 9.17) is 5.11 Å². The minimum Gasteiger partial charge on any atom is -0.478 e. The number of carbonyl (C=O) groups is 3. The van der Waals surface area contributed by atoms with Gasteiger partial charge in [0, 0.05) is 25.2 Å². The number of carboxylic acids is 1. The number of nitrogens with zero attached hydrogens (tertiary/aromatic N) is 1. The topological polar surface area (TPSA) is 98.7 Å². The maximum Gasteiger partial charge on any atom is 0.331 e. The van der Waals surface area contributed by atoms with Gasteiger partial charge in [-0.25, -0.2) is 4.79 Å². The number of hydrogen-bond donors (Lipinski definition) is 3. The number of hydrogen-bond acceptors (Lipinski definition) is 4. The van der Waals surface area contributed by atoms with Gasteiger partial charge >= 0.3 is 5.97 Å². The molecule has 0 saturated carbocycles. The van der Waals surface area contributed by atoms with Gasteiger partial charge in [0.2, 0.25) is 11.8 Å². The highest BCUT2D eigenvalue weighted by atomic mass is 16.4. The first-order chi connectivity index (χ1) is 12.4. The fraction of sp³-hybridized carbons (Fsp3) is 0.750. The third kappa shape index (κ3) is 7.33. The van der Waals surface area contributed by atoms with Crippen molar-refractivity contribution in [3.63, 3.8) is 0 Å². The lowest BCUT2D eigenvalue weighted by molar-refractivity contribution is -0.138. The van der Waals surface area contributed by atoms with E-state index >= 15 is 0 Å². The van der Waals surface area contributed by atoms with Crippen molar-refractivity contribution in [3.8, 4) is 0 Å². The summed E-state index contributed by atoms with van der Waals surface area (Å²) in [6, 6.07) is -0.539. The summed E-state index contributed by atoms with van der Waals surface area (Å²) in [6.07, 6.45) is 2.72. The molecule has 0 rings (SSSR count). The van der Waals surface area contributed by atoms with E-state index in [9.17, 15) is 14.4 Å². The number of carbonyl (C=O) groups excluding carboxylic acids is 2. The van der Waals surface area contributed by atoms with E-state index in [0.717, 1.165) is 0 Å². The second kappa shape index (κ2) is 11.1. The monoisotopic (exact) mass is 383 g/mol. The zero-order chi connectivity index (χ0) is 21.4. The molecule has 0 fully saturated rings. The summed E-state index contributed by atoms with van der Waals surface area (Å²) in [6.45, 7) is 13.3. The van der Waals surface area contributed by atoms with Crippen LogP contribution in [0.25, 0.3) is 0 Å². The minimum atomic E-state index is -1.01. The highest BCUT2D eigenvalue weighted by Gasteiger charge is 2.38. The van der Waals surface area contributed by atoms with Gasteiger partial charge in [0.15, 0.2) is 0 Å².